The van der Waals surface area contributed by atoms with Crippen molar-refractivity contribution in [2.75, 3.05) is 0 Å². The van der Waals surface area contributed by atoms with Gasteiger partial charge in [-0.15, -0.1) is 0 Å². The Kier molecular flexibility index (Phi) is 3.25. The number of amides is 4. The summed E-state index contributed by atoms with van der Waals surface area (Å²) in [6.07, 6.45) is -0.0225. The standard InChI is InChI=1S/C14H11FN2O5/c15-7-2-1-6(5-18)10-11(7)14(22)17(13(10)21)8-3-4-9(19)16-12(8)20/h1-2,8,18H,3-5H2,(H,16,19,20). The Hall–Kier alpha value is -2.61. The molecule has 1 aromatic carbocycles. The number of hydrogen-bond donors (Lipinski definition) is 2. The van der Waals surface area contributed by atoms with E-state index in [4.69, 9.17) is 0 Å². The largest absolute Gasteiger partial charge is 0.392 e. The van der Waals surface area contributed by atoms with Crippen molar-refractivity contribution in [2.45, 2.75) is 25.5 Å². The van der Waals surface area contributed by atoms with E-state index >= 15 is 0 Å². The molecule has 2 heterocycles. The van der Waals surface area contributed by atoms with Crippen LogP contribution in [0.25, 0.3) is 0 Å². The van der Waals surface area contributed by atoms with Crippen molar-refractivity contribution in [2.24, 2.45) is 0 Å². The second-order valence-corrected chi connectivity index (χ2v) is 5.06. The Morgan fingerprint density at radius 1 is 1.18 bits per heavy atom. The van der Waals surface area contributed by atoms with Gasteiger partial charge < -0.3 is 5.11 Å². The predicted molar refractivity (Wildman–Crippen MR) is 69.0 cm³/mol. The van der Waals surface area contributed by atoms with Crippen LogP contribution in [0.4, 0.5) is 4.39 Å². The third kappa shape index (κ3) is 1.92. The SMILES string of the molecule is O=C1CCC(N2C(=O)c3c(F)ccc(CO)c3C2=O)C(=O)N1. The second-order valence-electron chi connectivity index (χ2n) is 5.06. The molecule has 0 radical (unpaired) electrons. The van der Waals surface area contributed by atoms with Gasteiger partial charge >= 0.3 is 0 Å². The first-order valence-electron chi connectivity index (χ1n) is 6.59. The first-order chi connectivity index (χ1) is 10.5. The highest BCUT2D eigenvalue weighted by Gasteiger charge is 2.46. The van der Waals surface area contributed by atoms with E-state index < -0.39 is 47.7 Å². The van der Waals surface area contributed by atoms with Crippen LogP contribution in [0, 0.1) is 5.82 Å². The third-order valence-electron chi connectivity index (χ3n) is 3.80. The van der Waals surface area contributed by atoms with Gasteiger partial charge in [0.15, 0.2) is 0 Å². The molecule has 1 saturated heterocycles. The molecule has 1 unspecified atom stereocenters. The summed E-state index contributed by atoms with van der Waals surface area (Å²) in [5.41, 5.74) is -0.553. The molecule has 2 aliphatic heterocycles. The topological polar surface area (TPSA) is 104 Å². The summed E-state index contributed by atoms with van der Waals surface area (Å²) in [6, 6.07) is 1.05. The molecule has 7 nitrogen and oxygen atoms in total. The molecule has 2 aliphatic rings. The summed E-state index contributed by atoms with van der Waals surface area (Å²) in [6.45, 7) is -0.537. The van der Waals surface area contributed by atoms with Gasteiger partial charge in [0.25, 0.3) is 11.8 Å². The fraction of sp³-hybridized carbons (Fsp3) is 0.286. The zero-order valence-corrected chi connectivity index (χ0v) is 11.3. The van der Waals surface area contributed by atoms with Gasteiger partial charge in [-0.1, -0.05) is 6.07 Å². The number of aliphatic hydroxyl groups is 1. The average Bonchev–Trinajstić information content (AvgIpc) is 2.73. The second kappa shape index (κ2) is 4.99. The molecule has 22 heavy (non-hydrogen) atoms. The first-order valence-corrected chi connectivity index (χ1v) is 6.59. The van der Waals surface area contributed by atoms with Crippen molar-refractivity contribution in [1.82, 2.24) is 10.2 Å². The summed E-state index contributed by atoms with van der Waals surface area (Å²) >= 11 is 0. The van der Waals surface area contributed by atoms with E-state index in [9.17, 15) is 28.7 Å². The van der Waals surface area contributed by atoms with Crippen molar-refractivity contribution < 1.29 is 28.7 Å². The molecule has 1 fully saturated rings. The molecular formula is C14H11FN2O5. The summed E-state index contributed by atoms with van der Waals surface area (Å²) in [5.74, 6) is -3.91. The van der Waals surface area contributed by atoms with Gasteiger partial charge in [-0.25, -0.2) is 4.39 Å². The number of halogens is 1. The van der Waals surface area contributed by atoms with Crippen molar-refractivity contribution in [3.63, 3.8) is 0 Å². The highest BCUT2D eigenvalue weighted by atomic mass is 19.1. The average molecular weight is 306 g/mol. The molecule has 0 aromatic heterocycles. The van der Waals surface area contributed by atoms with Crippen LogP contribution >= 0.6 is 0 Å². The fourth-order valence-electron chi connectivity index (χ4n) is 2.75. The van der Waals surface area contributed by atoms with E-state index in [0.717, 1.165) is 6.07 Å². The number of piperidine rings is 1. The third-order valence-corrected chi connectivity index (χ3v) is 3.80. The molecule has 2 N–H and O–H groups in total. The van der Waals surface area contributed by atoms with Crippen LogP contribution in [0.2, 0.25) is 0 Å². The Bertz CT molecular complexity index is 730. The molecule has 4 amide bonds. The van der Waals surface area contributed by atoms with Crippen molar-refractivity contribution >= 4 is 23.6 Å². The van der Waals surface area contributed by atoms with Crippen molar-refractivity contribution in [3.8, 4) is 0 Å². The smallest absolute Gasteiger partial charge is 0.265 e. The number of nitrogens with zero attached hydrogens (tertiary/aromatic N) is 1. The molecule has 0 saturated carbocycles. The lowest BCUT2D eigenvalue weighted by Gasteiger charge is -2.27. The Morgan fingerprint density at radius 3 is 2.50 bits per heavy atom. The molecular weight excluding hydrogens is 295 g/mol. The number of carbonyl (C=O) groups is 4. The molecule has 114 valence electrons. The summed E-state index contributed by atoms with van der Waals surface area (Å²) in [5, 5.41) is 11.3. The van der Waals surface area contributed by atoms with Gasteiger partial charge in [-0.2, -0.15) is 0 Å². The monoisotopic (exact) mass is 306 g/mol. The van der Waals surface area contributed by atoms with Crippen molar-refractivity contribution in [3.05, 3.63) is 34.6 Å². The zero-order valence-electron chi connectivity index (χ0n) is 11.3. The van der Waals surface area contributed by atoms with E-state index in [1.54, 1.807) is 0 Å². The lowest BCUT2D eigenvalue weighted by Crippen LogP contribution is -2.54. The van der Waals surface area contributed by atoms with Crippen LogP contribution in [-0.4, -0.2) is 39.7 Å². The fourth-order valence-corrected chi connectivity index (χ4v) is 2.75. The predicted octanol–water partition coefficient (Wildman–Crippen LogP) is -0.281. The number of nitrogens with one attached hydrogen (secondary N) is 1. The normalized spacial score (nSPS) is 21.2. The van der Waals surface area contributed by atoms with Gasteiger partial charge in [0.2, 0.25) is 11.8 Å². The quantitative estimate of drug-likeness (QED) is 0.731. The maximum atomic E-state index is 13.9. The van der Waals surface area contributed by atoms with Gasteiger partial charge in [0.1, 0.15) is 11.9 Å². The lowest BCUT2D eigenvalue weighted by molar-refractivity contribution is -0.136. The number of benzene rings is 1. The van der Waals surface area contributed by atoms with E-state index in [1.165, 1.54) is 6.07 Å². The molecule has 1 atom stereocenters. The number of imide groups is 2. The lowest BCUT2D eigenvalue weighted by atomic mass is 10.0. The Balaban J connectivity index is 2.05. The van der Waals surface area contributed by atoms with Crippen LogP contribution in [0.1, 0.15) is 39.1 Å². The van der Waals surface area contributed by atoms with Crippen LogP contribution in [0.15, 0.2) is 12.1 Å². The van der Waals surface area contributed by atoms with Crippen molar-refractivity contribution in [1.29, 1.82) is 0 Å². The van der Waals surface area contributed by atoms with E-state index in [2.05, 4.69) is 5.32 Å². The Morgan fingerprint density at radius 2 is 1.86 bits per heavy atom. The van der Waals surface area contributed by atoms with Crippen LogP contribution < -0.4 is 5.32 Å². The summed E-state index contributed by atoms with van der Waals surface area (Å²) in [7, 11) is 0. The molecule has 8 heteroatoms. The minimum Gasteiger partial charge on any atom is -0.392 e. The molecule has 1 aromatic rings. The molecule has 0 aliphatic carbocycles. The van der Waals surface area contributed by atoms with E-state index in [1.807, 2.05) is 0 Å². The molecule has 0 bridgehead atoms. The van der Waals surface area contributed by atoms with Gasteiger partial charge in [-0.05, 0) is 18.1 Å². The number of rotatable bonds is 2. The number of fused-ring (bicyclic) bond motifs is 1. The van der Waals surface area contributed by atoms with Crippen LogP contribution in [0.5, 0.6) is 0 Å². The zero-order chi connectivity index (χ0) is 16.0. The van der Waals surface area contributed by atoms with Gasteiger partial charge in [0.05, 0.1) is 17.7 Å². The minimum atomic E-state index is -1.16. The summed E-state index contributed by atoms with van der Waals surface area (Å²) in [4.78, 5) is 48.4. The maximum Gasteiger partial charge on any atom is 0.265 e. The Labute approximate surface area is 123 Å². The minimum absolute atomic E-state index is 0.00773. The highest BCUT2D eigenvalue weighted by molar-refractivity contribution is 6.24. The maximum absolute atomic E-state index is 13.9. The van der Waals surface area contributed by atoms with Crippen LogP contribution in [-0.2, 0) is 16.2 Å². The van der Waals surface area contributed by atoms with E-state index in [0.29, 0.717) is 4.90 Å². The highest BCUT2D eigenvalue weighted by Crippen LogP contribution is 2.31. The van der Waals surface area contributed by atoms with Gasteiger partial charge in [0, 0.05) is 6.42 Å². The number of aliphatic hydroxyl groups excluding tert-OH is 1. The first kappa shape index (κ1) is 14.3. The summed E-state index contributed by atoms with van der Waals surface area (Å²) < 4.78 is 13.9. The van der Waals surface area contributed by atoms with Gasteiger partial charge in [-0.3, -0.25) is 29.4 Å². The molecule has 3 rings (SSSR count). The molecule has 0 spiro atoms. The number of carbonyl (C=O) groups excluding carboxylic acids is 4. The number of hydrogen-bond acceptors (Lipinski definition) is 5. The van der Waals surface area contributed by atoms with E-state index in [-0.39, 0.29) is 24.0 Å². The van der Waals surface area contributed by atoms with Crippen LogP contribution in [0.3, 0.4) is 0 Å².